The summed E-state index contributed by atoms with van der Waals surface area (Å²) < 4.78 is 0. The molecule has 0 saturated heterocycles. The van der Waals surface area contributed by atoms with Crippen molar-refractivity contribution in [1.29, 1.82) is 0 Å². The zero-order valence-corrected chi connectivity index (χ0v) is 19.7. The summed E-state index contributed by atoms with van der Waals surface area (Å²) in [5.74, 6) is 1.95. The number of benzene rings is 2. The van der Waals surface area contributed by atoms with Gasteiger partial charge in [0.2, 0.25) is 0 Å². The minimum Gasteiger partial charge on any atom is -0.264 e. The first-order valence-corrected chi connectivity index (χ1v) is 11.0. The van der Waals surface area contributed by atoms with E-state index in [4.69, 9.17) is 15.0 Å². The molecule has 0 fully saturated rings. The largest absolute Gasteiger partial charge is 0.264 e. The fraction of sp³-hybridized carbons (Fsp3) is 0.286. The highest BCUT2D eigenvalue weighted by Gasteiger charge is 2.17. The van der Waals surface area contributed by atoms with Gasteiger partial charge in [0, 0.05) is 29.1 Å². The van der Waals surface area contributed by atoms with E-state index >= 15 is 0 Å². The molecule has 0 amide bonds. The van der Waals surface area contributed by atoms with Gasteiger partial charge in [-0.15, -0.1) is 0 Å². The van der Waals surface area contributed by atoms with Crippen LogP contribution in [0.3, 0.4) is 0 Å². The number of hydrogen-bond donors (Lipinski definition) is 0. The molecule has 0 bridgehead atoms. The normalized spacial score (nSPS) is 12.1. The van der Waals surface area contributed by atoms with Gasteiger partial charge in [-0.2, -0.15) is 0 Å². The zero-order chi connectivity index (χ0) is 22.9. The third kappa shape index (κ3) is 4.75. The Morgan fingerprint density at radius 2 is 0.906 bits per heavy atom. The van der Waals surface area contributed by atoms with Crippen molar-refractivity contribution in [2.24, 2.45) is 0 Å². The molecular formula is C28H30N4. The van der Waals surface area contributed by atoms with Gasteiger partial charge in [-0.25, -0.2) is 15.0 Å². The average Bonchev–Trinajstić information content (AvgIpc) is 2.78. The van der Waals surface area contributed by atoms with Crippen molar-refractivity contribution in [3.8, 4) is 34.2 Å². The smallest absolute Gasteiger partial charge is 0.165 e. The van der Waals surface area contributed by atoms with Gasteiger partial charge in [0.05, 0.1) is 0 Å². The van der Waals surface area contributed by atoms with E-state index in [0.717, 1.165) is 16.7 Å². The van der Waals surface area contributed by atoms with Crippen LogP contribution >= 0.6 is 0 Å². The molecule has 2 aromatic carbocycles. The number of rotatable bonds is 3. The lowest BCUT2D eigenvalue weighted by molar-refractivity contribution is 0.590. The lowest BCUT2D eigenvalue weighted by Gasteiger charge is -2.19. The molecule has 0 aliphatic heterocycles. The van der Waals surface area contributed by atoms with Crippen LogP contribution < -0.4 is 0 Å². The quantitative estimate of drug-likeness (QED) is 0.362. The lowest BCUT2D eigenvalue weighted by atomic mass is 9.86. The third-order valence-corrected chi connectivity index (χ3v) is 5.57. The molecule has 4 heteroatoms. The monoisotopic (exact) mass is 422 g/mol. The molecule has 0 N–H and O–H groups in total. The summed E-state index contributed by atoms with van der Waals surface area (Å²) in [6.45, 7) is 13.3. The van der Waals surface area contributed by atoms with Crippen LogP contribution in [0.15, 0.2) is 73.1 Å². The maximum Gasteiger partial charge on any atom is 0.165 e. The van der Waals surface area contributed by atoms with E-state index in [1.807, 2.05) is 12.1 Å². The van der Waals surface area contributed by atoms with E-state index in [1.165, 1.54) is 11.1 Å². The van der Waals surface area contributed by atoms with Crippen LogP contribution in [-0.4, -0.2) is 19.9 Å². The number of hydrogen-bond acceptors (Lipinski definition) is 4. The van der Waals surface area contributed by atoms with Crippen LogP contribution in [0.1, 0.15) is 52.7 Å². The second-order valence-corrected chi connectivity index (χ2v) is 10.2. The van der Waals surface area contributed by atoms with Crippen LogP contribution in [0.25, 0.3) is 34.2 Å². The van der Waals surface area contributed by atoms with Gasteiger partial charge in [0.15, 0.2) is 17.5 Å². The van der Waals surface area contributed by atoms with Gasteiger partial charge in [-0.05, 0) is 34.1 Å². The van der Waals surface area contributed by atoms with Crippen molar-refractivity contribution in [2.75, 3.05) is 0 Å². The highest BCUT2D eigenvalue weighted by atomic mass is 15.0. The Hall–Kier alpha value is -3.40. The Bertz CT molecular complexity index is 1120. The van der Waals surface area contributed by atoms with Crippen LogP contribution in [0.5, 0.6) is 0 Å². The maximum absolute atomic E-state index is 4.84. The molecule has 0 aliphatic rings. The van der Waals surface area contributed by atoms with Crippen molar-refractivity contribution < 1.29 is 0 Å². The summed E-state index contributed by atoms with van der Waals surface area (Å²) in [5.41, 5.74) is 5.56. The molecule has 0 saturated carbocycles. The highest BCUT2D eigenvalue weighted by Crippen LogP contribution is 2.29. The zero-order valence-electron chi connectivity index (χ0n) is 19.7. The molecule has 4 rings (SSSR count). The van der Waals surface area contributed by atoms with Crippen molar-refractivity contribution in [3.63, 3.8) is 0 Å². The Labute approximate surface area is 190 Å². The Morgan fingerprint density at radius 3 is 1.25 bits per heavy atom. The molecule has 162 valence electrons. The SMILES string of the molecule is CC(C)(C)c1ccc(-c2nc(-c3ccc(C(C)(C)C)cc3)nc(-c3cccnc3)n2)cc1. The van der Waals surface area contributed by atoms with Crippen molar-refractivity contribution in [3.05, 3.63) is 84.2 Å². The van der Waals surface area contributed by atoms with E-state index in [1.54, 1.807) is 12.4 Å². The van der Waals surface area contributed by atoms with Crippen LogP contribution in [0, 0.1) is 0 Å². The van der Waals surface area contributed by atoms with Gasteiger partial charge in [0.25, 0.3) is 0 Å². The minimum absolute atomic E-state index is 0.0957. The summed E-state index contributed by atoms with van der Waals surface area (Å²) in [6, 6.07) is 20.9. The minimum atomic E-state index is 0.0957. The topological polar surface area (TPSA) is 51.6 Å². The molecule has 32 heavy (non-hydrogen) atoms. The summed E-state index contributed by atoms with van der Waals surface area (Å²) in [4.78, 5) is 18.7. The summed E-state index contributed by atoms with van der Waals surface area (Å²) in [6.07, 6.45) is 3.54. The van der Waals surface area contributed by atoms with Crippen molar-refractivity contribution in [2.45, 2.75) is 52.4 Å². The number of pyridine rings is 1. The summed E-state index contributed by atoms with van der Waals surface area (Å²) in [7, 11) is 0. The van der Waals surface area contributed by atoms with Gasteiger partial charge >= 0.3 is 0 Å². The molecule has 4 nitrogen and oxygen atoms in total. The van der Waals surface area contributed by atoms with E-state index in [0.29, 0.717) is 17.5 Å². The highest BCUT2D eigenvalue weighted by molar-refractivity contribution is 5.66. The average molecular weight is 423 g/mol. The standard InChI is InChI=1S/C28H30N4/c1-27(2,3)22-13-9-19(10-14-22)24-30-25(20-11-15-23(16-12-20)28(4,5)6)32-26(31-24)21-8-7-17-29-18-21/h7-18H,1-6H3. The van der Waals surface area contributed by atoms with E-state index in [2.05, 4.69) is 95.1 Å². The maximum atomic E-state index is 4.84. The first kappa shape index (κ1) is 21.8. The Kier molecular flexibility index (Phi) is 5.64. The second kappa shape index (κ2) is 8.27. The fourth-order valence-corrected chi connectivity index (χ4v) is 3.50. The van der Waals surface area contributed by atoms with E-state index < -0.39 is 0 Å². The summed E-state index contributed by atoms with van der Waals surface area (Å²) >= 11 is 0. The molecular weight excluding hydrogens is 392 g/mol. The lowest BCUT2D eigenvalue weighted by Crippen LogP contribution is -2.10. The van der Waals surface area contributed by atoms with E-state index in [9.17, 15) is 0 Å². The first-order chi connectivity index (χ1) is 15.1. The van der Waals surface area contributed by atoms with Gasteiger partial charge in [-0.3, -0.25) is 4.98 Å². The molecule has 2 aromatic heterocycles. The van der Waals surface area contributed by atoms with Crippen LogP contribution in [0.4, 0.5) is 0 Å². The van der Waals surface area contributed by atoms with Gasteiger partial charge in [0.1, 0.15) is 0 Å². The van der Waals surface area contributed by atoms with Crippen molar-refractivity contribution >= 4 is 0 Å². The Morgan fingerprint density at radius 1 is 0.500 bits per heavy atom. The second-order valence-electron chi connectivity index (χ2n) is 10.2. The molecule has 0 atom stereocenters. The van der Waals surface area contributed by atoms with Crippen LogP contribution in [-0.2, 0) is 10.8 Å². The molecule has 0 spiro atoms. The van der Waals surface area contributed by atoms with Crippen LogP contribution in [0.2, 0.25) is 0 Å². The van der Waals surface area contributed by atoms with Gasteiger partial charge < -0.3 is 0 Å². The Balaban J connectivity index is 1.82. The number of nitrogens with zero attached hydrogens (tertiary/aromatic N) is 4. The molecule has 0 unspecified atom stereocenters. The van der Waals surface area contributed by atoms with E-state index in [-0.39, 0.29) is 10.8 Å². The third-order valence-electron chi connectivity index (χ3n) is 5.57. The number of aromatic nitrogens is 4. The molecule has 4 aromatic rings. The molecule has 0 radical (unpaired) electrons. The van der Waals surface area contributed by atoms with Gasteiger partial charge in [-0.1, -0.05) is 90.1 Å². The predicted octanol–water partition coefficient (Wildman–Crippen LogP) is 6.86. The predicted molar refractivity (Wildman–Crippen MR) is 131 cm³/mol. The van der Waals surface area contributed by atoms with Crippen molar-refractivity contribution in [1.82, 2.24) is 19.9 Å². The first-order valence-electron chi connectivity index (χ1n) is 11.0. The molecule has 0 aliphatic carbocycles. The summed E-state index contributed by atoms with van der Waals surface area (Å²) in [5, 5.41) is 0. The molecule has 2 heterocycles. The fourth-order valence-electron chi connectivity index (χ4n) is 3.50.